The van der Waals surface area contributed by atoms with E-state index in [9.17, 15) is 31.5 Å². The Bertz CT molecular complexity index is 1470. The average Bonchev–Trinajstić information content (AvgIpc) is 3.09. The van der Waals surface area contributed by atoms with Crippen molar-refractivity contribution < 1.29 is 41.4 Å². The van der Waals surface area contributed by atoms with E-state index in [-0.39, 0.29) is 16.1 Å². The Morgan fingerprint density at radius 3 is 2.15 bits per heavy atom. The molecule has 0 fully saturated rings. The van der Waals surface area contributed by atoms with Crippen LogP contribution in [0.1, 0.15) is 39.3 Å². The molecule has 0 saturated heterocycles. The van der Waals surface area contributed by atoms with E-state index < -0.39 is 28.1 Å². The number of rotatable bonds is 9. The third-order valence-electron chi connectivity index (χ3n) is 5.87. The highest BCUT2D eigenvalue weighted by Crippen LogP contribution is 2.27. The maximum absolute atomic E-state index is 12.9. The van der Waals surface area contributed by atoms with E-state index in [1.807, 2.05) is 37.4 Å². The minimum Gasteiger partial charge on any atom is -0.478 e. The van der Waals surface area contributed by atoms with Crippen LogP contribution < -0.4 is 9.62 Å². The Morgan fingerprint density at radius 2 is 1.68 bits per heavy atom. The van der Waals surface area contributed by atoms with Crippen LogP contribution in [-0.4, -0.2) is 65.1 Å². The van der Waals surface area contributed by atoms with Crippen molar-refractivity contribution in [3.8, 4) is 0 Å². The number of carbonyl (C=O) groups is 2. The quantitative estimate of drug-likeness (QED) is 0.339. The summed E-state index contributed by atoms with van der Waals surface area (Å²) in [5.74, 6) is -3.59. The lowest BCUT2D eigenvalue weighted by Gasteiger charge is -2.22. The Balaban J connectivity index is 0.000000708. The summed E-state index contributed by atoms with van der Waals surface area (Å²) in [5, 5.41) is 20.9. The number of sulfonamides is 1. The lowest BCUT2D eigenvalue weighted by atomic mass is 10.1. The molecule has 1 aromatic carbocycles. The van der Waals surface area contributed by atoms with Gasteiger partial charge in [0, 0.05) is 32.5 Å². The van der Waals surface area contributed by atoms with Crippen molar-refractivity contribution in [3.63, 3.8) is 0 Å². The van der Waals surface area contributed by atoms with Gasteiger partial charge in [0.05, 0.1) is 21.8 Å². The summed E-state index contributed by atoms with van der Waals surface area (Å²) in [6.07, 6.45) is -2.25. The first kappa shape index (κ1) is 32.1. The minimum atomic E-state index is -5.08. The molecule has 2 heterocycles. The van der Waals surface area contributed by atoms with Gasteiger partial charge in [-0.15, -0.1) is 0 Å². The Morgan fingerprint density at radius 1 is 1.10 bits per heavy atom. The highest BCUT2D eigenvalue weighted by molar-refractivity contribution is 7.92. The minimum absolute atomic E-state index is 0.0879. The molecule has 218 valence electrons. The summed E-state index contributed by atoms with van der Waals surface area (Å²) in [6.45, 7) is 6.47. The first-order valence-electron chi connectivity index (χ1n) is 11.8. The number of nitrogens with one attached hydrogen (secondary N) is 1. The van der Waals surface area contributed by atoms with Crippen molar-refractivity contribution in [1.29, 1.82) is 0 Å². The fourth-order valence-electron chi connectivity index (χ4n) is 3.65. The second kappa shape index (κ2) is 12.8. The van der Waals surface area contributed by atoms with Crippen LogP contribution in [0.4, 0.5) is 24.7 Å². The van der Waals surface area contributed by atoms with Crippen molar-refractivity contribution in [3.05, 3.63) is 64.6 Å². The highest BCUT2D eigenvalue weighted by Gasteiger charge is 2.38. The first-order chi connectivity index (χ1) is 18.4. The van der Waals surface area contributed by atoms with Crippen LogP contribution in [0, 0.1) is 20.8 Å². The predicted molar refractivity (Wildman–Crippen MR) is 141 cm³/mol. The van der Waals surface area contributed by atoms with Crippen molar-refractivity contribution in [2.45, 2.75) is 44.7 Å². The van der Waals surface area contributed by atoms with Gasteiger partial charge in [0.25, 0.3) is 10.0 Å². The summed E-state index contributed by atoms with van der Waals surface area (Å²) < 4.78 is 62.0. The summed E-state index contributed by atoms with van der Waals surface area (Å²) in [4.78, 5) is 26.5. The number of hydrogen-bond acceptors (Lipinski definition) is 7. The van der Waals surface area contributed by atoms with Gasteiger partial charge in [-0.1, -0.05) is 17.7 Å². The fraction of sp³-hybridized carbons (Fsp3) is 0.360. The number of benzene rings is 1. The molecule has 0 amide bonds. The molecule has 0 atom stereocenters. The lowest BCUT2D eigenvalue weighted by Crippen LogP contribution is -2.24. The van der Waals surface area contributed by atoms with E-state index in [2.05, 4.69) is 14.8 Å². The van der Waals surface area contributed by atoms with Crippen LogP contribution in [-0.2, 0) is 28.3 Å². The molecular weight excluding hydrogens is 555 g/mol. The van der Waals surface area contributed by atoms with Gasteiger partial charge in [-0.2, -0.15) is 18.3 Å². The van der Waals surface area contributed by atoms with Crippen LogP contribution in [0.3, 0.4) is 0 Å². The summed E-state index contributed by atoms with van der Waals surface area (Å²) >= 11 is 0. The molecule has 3 N–H and O–H groups in total. The van der Waals surface area contributed by atoms with E-state index >= 15 is 0 Å². The molecule has 3 rings (SSSR count). The van der Waals surface area contributed by atoms with Crippen LogP contribution in [0.15, 0.2) is 41.4 Å². The van der Waals surface area contributed by atoms with Crippen LogP contribution in [0.25, 0.3) is 0 Å². The Kier molecular flexibility index (Phi) is 10.3. The van der Waals surface area contributed by atoms with Crippen molar-refractivity contribution >= 4 is 33.5 Å². The van der Waals surface area contributed by atoms with Crippen molar-refractivity contribution in [1.82, 2.24) is 14.8 Å². The zero-order valence-electron chi connectivity index (χ0n) is 22.4. The monoisotopic (exact) mass is 585 g/mol. The number of halogens is 3. The smallest absolute Gasteiger partial charge is 0.478 e. The number of aromatic carboxylic acids is 1. The molecule has 0 aliphatic heterocycles. The average molecular weight is 586 g/mol. The number of aliphatic carboxylic acids is 1. The molecule has 0 aliphatic rings. The molecule has 0 spiro atoms. The molecule has 0 aliphatic carbocycles. The normalized spacial score (nSPS) is 11.4. The first-order valence-corrected chi connectivity index (χ1v) is 13.3. The molecule has 0 radical (unpaired) electrons. The Labute approximate surface area is 229 Å². The van der Waals surface area contributed by atoms with Crippen molar-refractivity contribution in [2.75, 3.05) is 23.2 Å². The van der Waals surface area contributed by atoms with Crippen LogP contribution in [0.2, 0.25) is 0 Å². The number of hydrogen-bond donors (Lipinski definition) is 3. The molecule has 0 saturated carbocycles. The Hall–Kier alpha value is -4.14. The predicted octanol–water partition coefficient (Wildman–Crippen LogP) is 3.94. The van der Waals surface area contributed by atoms with Gasteiger partial charge in [0.15, 0.2) is 5.82 Å². The van der Waals surface area contributed by atoms with Gasteiger partial charge in [0.2, 0.25) is 0 Å². The van der Waals surface area contributed by atoms with E-state index in [1.165, 1.54) is 30.0 Å². The number of carboxylic acids is 2. The van der Waals surface area contributed by atoms with Gasteiger partial charge >= 0.3 is 18.1 Å². The summed E-state index contributed by atoms with van der Waals surface area (Å²) in [5.41, 5.74) is 4.25. The molecule has 15 heteroatoms. The SMILES string of the molecule is Cc1ccc(S(=O)(=O)Nc2cc(C(=O)O)cnc2N(C)CCCc2c(C)nn(C)c2C)cc1.O=C(O)C(F)(F)F. The number of anilines is 2. The standard InChI is InChI=1S/C23H29N5O4S.C2HF3O2/c1-15-8-10-19(11-9-15)33(31,32)26-21-13-18(23(29)30)14-24-22(21)27(4)12-6-7-20-16(2)25-28(5)17(20)3;3-2(4,5)1(6)7/h8-11,13-14,26H,6-7,12H2,1-5H3,(H,29,30);(H,6,7). The van der Waals surface area contributed by atoms with Crippen LogP contribution >= 0.6 is 0 Å². The van der Waals surface area contributed by atoms with Gasteiger partial charge < -0.3 is 15.1 Å². The van der Waals surface area contributed by atoms with E-state index in [0.717, 1.165) is 29.8 Å². The van der Waals surface area contributed by atoms with E-state index in [1.54, 1.807) is 19.2 Å². The van der Waals surface area contributed by atoms with Gasteiger partial charge in [0.1, 0.15) is 0 Å². The van der Waals surface area contributed by atoms with E-state index in [0.29, 0.717) is 12.4 Å². The molecule has 2 aromatic heterocycles. The molecule has 0 unspecified atom stereocenters. The fourth-order valence-corrected chi connectivity index (χ4v) is 4.71. The molecule has 0 bridgehead atoms. The zero-order chi connectivity index (χ0) is 30.4. The maximum atomic E-state index is 12.9. The van der Waals surface area contributed by atoms with Gasteiger partial charge in [-0.3, -0.25) is 9.40 Å². The number of aryl methyl sites for hydroxylation is 3. The second-order valence-corrected chi connectivity index (χ2v) is 10.6. The van der Waals surface area contributed by atoms with Gasteiger partial charge in [-0.25, -0.2) is 23.0 Å². The molecular formula is C25H30F3N5O6S. The van der Waals surface area contributed by atoms with E-state index in [4.69, 9.17) is 9.90 Å². The second-order valence-electron chi connectivity index (χ2n) is 8.92. The number of alkyl halides is 3. The number of carboxylic acid groups (broad SMARTS) is 2. The number of aromatic nitrogens is 3. The summed E-state index contributed by atoms with van der Waals surface area (Å²) in [7, 11) is -0.205. The van der Waals surface area contributed by atoms with Crippen LogP contribution in [0.5, 0.6) is 0 Å². The molecule has 11 nitrogen and oxygen atoms in total. The third kappa shape index (κ3) is 8.43. The number of nitrogens with zero attached hydrogens (tertiary/aromatic N) is 4. The summed E-state index contributed by atoms with van der Waals surface area (Å²) in [6, 6.07) is 7.72. The maximum Gasteiger partial charge on any atom is 0.490 e. The zero-order valence-corrected chi connectivity index (χ0v) is 23.3. The topological polar surface area (TPSA) is 155 Å². The number of pyridine rings is 1. The lowest BCUT2D eigenvalue weighted by molar-refractivity contribution is -0.192. The molecule has 40 heavy (non-hydrogen) atoms. The highest BCUT2D eigenvalue weighted by atomic mass is 32.2. The molecule has 3 aromatic rings. The largest absolute Gasteiger partial charge is 0.490 e. The van der Waals surface area contributed by atoms with Crippen molar-refractivity contribution in [2.24, 2.45) is 7.05 Å². The van der Waals surface area contributed by atoms with Gasteiger partial charge in [-0.05, 0) is 57.4 Å². The third-order valence-corrected chi connectivity index (χ3v) is 7.25.